The van der Waals surface area contributed by atoms with E-state index in [1.165, 1.54) is 10.7 Å². The second kappa shape index (κ2) is 5.91. The summed E-state index contributed by atoms with van der Waals surface area (Å²) in [5, 5.41) is 10.8. The van der Waals surface area contributed by atoms with Crippen LogP contribution in [0.3, 0.4) is 0 Å². The van der Waals surface area contributed by atoms with Crippen LogP contribution in [0.15, 0.2) is 0 Å². The molecule has 1 aliphatic heterocycles. The lowest BCUT2D eigenvalue weighted by atomic mass is 9.69. The Morgan fingerprint density at radius 3 is 2.50 bits per heavy atom. The molecule has 0 amide bonds. The number of rotatable bonds is 6. The van der Waals surface area contributed by atoms with Gasteiger partial charge in [0.25, 0.3) is 0 Å². The van der Waals surface area contributed by atoms with Crippen LogP contribution in [0.1, 0.15) is 32.6 Å². The molecule has 0 aromatic carbocycles. The van der Waals surface area contributed by atoms with Crippen molar-refractivity contribution < 1.29 is 13.5 Å². The molecule has 2 aliphatic rings. The van der Waals surface area contributed by atoms with E-state index in [9.17, 15) is 13.5 Å². The number of nitrogens with zero attached hydrogens (tertiary/aromatic N) is 2. The average Bonchev–Trinajstić information content (AvgIpc) is 2.51. The molecule has 20 heavy (non-hydrogen) atoms. The number of hydrogen-bond donors (Lipinski definition) is 1. The molecule has 2 fully saturated rings. The van der Waals surface area contributed by atoms with Gasteiger partial charge in [-0.3, -0.25) is 0 Å². The lowest BCUT2D eigenvalue weighted by molar-refractivity contribution is -0.0669. The molecule has 5 nitrogen and oxygen atoms in total. The summed E-state index contributed by atoms with van der Waals surface area (Å²) >= 11 is 0. The Kier molecular flexibility index (Phi) is 4.79. The quantitative estimate of drug-likeness (QED) is 0.787. The first-order valence-electron chi connectivity index (χ1n) is 7.60. The number of hydrogen-bond acceptors (Lipinski definition) is 4. The van der Waals surface area contributed by atoms with Crippen molar-refractivity contribution in [2.45, 2.75) is 38.2 Å². The molecule has 2 rings (SSSR count). The smallest absolute Gasteiger partial charge is 0.213 e. The van der Waals surface area contributed by atoms with Gasteiger partial charge in [-0.1, -0.05) is 13.3 Å². The van der Waals surface area contributed by atoms with E-state index < -0.39 is 15.6 Å². The molecule has 1 saturated heterocycles. The fourth-order valence-corrected chi connectivity index (χ4v) is 4.25. The maximum atomic E-state index is 11.7. The molecule has 0 aromatic heterocycles. The Hall–Kier alpha value is -0.170. The van der Waals surface area contributed by atoms with Gasteiger partial charge in [0.1, 0.15) is 0 Å². The van der Waals surface area contributed by atoms with Crippen LogP contribution >= 0.6 is 0 Å². The second-order valence-corrected chi connectivity index (χ2v) is 9.01. The molecule has 2 atom stereocenters. The molecular formula is C14H28N2O3S. The van der Waals surface area contributed by atoms with Crippen molar-refractivity contribution in [1.82, 2.24) is 9.21 Å². The van der Waals surface area contributed by atoms with Gasteiger partial charge >= 0.3 is 0 Å². The third kappa shape index (κ3) is 3.18. The lowest BCUT2D eigenvalue weighted by Gasteiger charge is -2.41. The Labute approximate surface area is 123 Å². The van der Waals surface area contributed by atoms with Gasteiger partial charge in [0.2, 0.25) is 10.0 Å². The minimum Gasteiger partial charge on any atom is -0.388 e. The molecule has 1 aliphatic carbocycles. The largest absolute Gasteiger partial charge is 0.388 e. The molecule has 118 valence electrons. The van der Waals surface area contributed by atoms with E-state index in [-0.39, 0.29) is 5.75 Å². The lowest BCUT2D eigenvalue weighted by Crippen LogP contribution is -2.47. The highest BCUT2D eigenvalue weighted by Crippen LogP contribution is 2.44. The van der Waals surface area contributed by atoms with E-state index >= 15 is 0 Å². The van der Waals surface area contributed by atoms with Crippen LogP contribution in [-0.4, -0.2) is 67.8 Å². The minimum absolute atomic E-state index is 0.187. The number of likely N-dealkylation sites (tertiary alicyclic amines) is 1. The Bertz CT molecular complexity index is 434. The molecule has 0 unspecified atom stereocenters. The van der Waals surface area contributed by atoms with Crippen LogP contribution < -0.4 is 0 Å². The molecule has 1 N–H and O–H groups in total. The zero-order chi connectivity index (χ0) is 15.0. The SMILES string of the molecule is C[C@@H]1CN(CCCS(=O)(=O)N(C)C)C[C@@]1(O)C1CCC1. The normalized spacial score (nSPS) is 32.8. The zero-order valence-electron chi connectivity index (χ0n) is 12.9. The van der Waals surface area contributed by atoms with E-state index in [0.717, 1.165) is 25.9 Å². The average molecular weight is 304 g/mol. The van der Waals surface area contributed by atoms with Crippen molar-refractivity contribution in [2.24, 2.45) is 11.8 Å². The Morgan fingerprint density at radius 1 is 1.35 bits per heavy atom. The van der Waals surface area contributed by atoms with Gasteiger partial charge in [-0.05, 0) is 37.6 Å². The van der Waals surface area contributed by atoms with E-state index in [4.69, 9.17) is 0 Å². The van der Waals surface area contributed by atoms with Gasteiger partial charge in [-0.2, -0.15) is 0 Å². The summed E-state index contributed by atoms with van der Waals surface area (Å²) < 4.78 is 24.7. The first-order valence-corrected chi connectivity index (χ1v) is 9.21. The predicted octanol–water partition coefficient (Wildman–Crippen LogP) is 0.751. The first kappa shape index (κ1) is 16.2. The van der Waals surface area contributed by atoms with Crippen molar-refractivity contribution >= 4 is 10.0 Å². The summed E-state index contributed by atoms with van der Waals surface area (Å²) in [5.41, 5.74) is -0.543. The van der Waals surface area contributed by atoms with E-state index in [1.807, 2.05) is 0 Å². The van der Waals surface area contributed by atoms with Crippen molar-refractivity contribution in [1.29, 1.82) is 0 Å². The van der Waals surface area contributed by atoms with Crippen LogP contribution in [0.5, 0.6) is 0 Å². The van der Waals surface area contributed by atoms with Gasteiger partial charge in [-0.15, -0.1) is 0 Å². The van der Waals surface area contributed by atoms with Gasteiger partial charge in [-0.25, -0.2) is 12.7 Å². The summed E-state index contributed by atoms with van der Waals surface area (Å²) in [6.07, 6.45) is 4.15. The first-order chi connectivity index (χ1) is 9.25. The van der Waals surface area contributed by atoms with Crippen LogP contribution in [-0.2, 0) is 10.0 Å². The van der Waals surface area contributed by atoms with Gasteiger partial charge < -0.3 is 10.0 Å². The van der Waals surface area contributed by atoms with Gasteiger partial charge in [0.05, 0.1) is 11.4 Å². The van der Waals surface area contributed by atoms with Crippen molar-refractivity contribution in [2.75, 3.05) is 39.5 Å². The summed E-state index contributed by atoms with van der Waals surface area (Å²) in [7, 11) is 0.0462. The van der Waals surface area contributed by atoms with E-state index in [0.29, 0.717) is 24.8 Å². The predicted molar refractivity (Wildman–Crippen MR) is 80.0 cm³/mol. The molecule has 0 spiro atoms. The second-order valence-electron chi connectivity index (χ2n) is 6.71. The topological polar surface area (TPSA) is 60.9 Å². The third-order valence-corrected chi connectivity index (χ3v) is 7.02. The summed E-state index contributed by atoms with van der Waals surface area (Å²) in [6.45, 7) is 4.47. The maximum absolute atomic E-state index is 11.7. The van der Waals surface area contributed by atoms with Crippen LogP contribution in [0, 0.1) is 11.8 Å². The van der Waals surface area contributed by atoms with Crippen molar-refractivity contribution in [3.63, 3.8) is 0 Å². The van der Waals surface area contributed by atoms with Crippen LogP contribution in [0.4, 0.5) is 0 Å². The fourth-order valence-electron chi connectivity index (χ4n) is 3.39. The standard InChI is InChI=1S/C14H28N2O3S/c1-12-10-16(8-5-9-20(18,19)15(2)3)11-14(12,17)13-6-4-7-13/h12-13,17H,4-11H2,1-3H3/t12-,14+/m1/s1. The molecule has 0 bridgehead atoms. The van der Waals surface area contributed by atoms with Crippen LogP contribution in [0.2, 0.25) is 0 Å². The molecule has 0 radical (unpaired) electrons. The van der Waals surface area contributed by atoms with Gasteiger partial charge in [0.15, 0.2) is 0 Å². The monoisotopic (exact) mass is 304 g/mol. The number of aliphatic hydroxyl groups is 1. The maximum Gasteiger partial charge on any atom is 0.213 e. The van der Waals surface area contributed by atoms with E-state index in [1.54, 1.807) is 14.1 Å². The minimum atomic E-state index is -3.10. The highest BCUT2D eigenvalue weighted by atomic mass is 32.2. The van der Waals surface area contributed by atoms with Crippen LogP contribution in [0.25, 0.3) is 0 Å². The van der Waals surface area contributed by atoms with Gasteiger partial charge in [0, 0.05) is 27.2 Å². The Balaban J connectivity index is 1.81. The Morgan fingerprint density at radius 2 is 2.00 bits per heavy atom. The summed E-state index contributed by atoms with van der Waals surface area (Å²) in [4.78, 5) is 2.23. The van der Waals surface area contributed by atoms with Crippen molar-refractivity contribution in [3.05, 3.63) is 0 Å². The zero-order valence-corrected chi connectivity index (χ0v) is 13.7. The summed E-state index contributed by atoms with van der Waals surface area (Å²) in [5.74, 6) is 0.929. The molecular weight excluding hydrogens is 276 g/mol. The van der Waals surface area contributed by atoms with Crippen molar-refractivity contribution in [3.8, 4) is 0 Å². The third-order valence-electron chi connectivity index (χ3n) is 5.11. The summed E-state index contributed by atoms with van der Waals surface area (Å²) in [6, 6.07) is 0. The van der Waals surface area contributed by atoms with E-state index in [2.05, 4.69) is 11.8 Å². The molecule has 1 heterocycles. The fraction of sp³-hybridized carbons (Fsp3) is 1.00. The molecule has 1 saturated carbocycles. The molecule has 0 aromatic rings. The molecule has 6 heteroatoms. The highest BCUT2D eigenvalue weighted by molar-refractivity contribution is 7.89. The number of β-amino-alcohol motifs (C(OH)–C–C–N with tert-alkyl or cyclic N) is 1. The highest BCUT2D eigenvalue weighted by Gasteiger charge is 2.49. The number of sulfonamides is 1.